The van der Waals surface area contributed by atoms with E-state index in [4.69, 9.17) is 0 Å². The highest BCUT2D eigenvalue weighted by molar-refractivity contribution is 5.86. The van der Waals surface area contributed by atoms with Crippen LogP contribution >= 0.6 is 0 Å². The first-order valence-corrected chi connectivity index (χ1v) is 4.24. The first-order valence-electron chi connectivity index (χ1n) is 4.24. The number of imidazole rings is 1. The van der Waals surface area contributed by atoms with Gasteiger partial charge >= 0.3 is 5.97 Å². The van der Waals surface area contributed by atoms with Gasteiger partial charge in [-0.2, -0.15) is 0 Å². The minimum Gasteiger partial charge on any atom is -0.463 e. The average Bonchev–Trinajstić information content (AvgIpc) is 2.59. The van der Waals surface area contributed by atoms with Crippen molar-refractivity contribution < 1.29 is 9.53 Å². The van der Waals surface area contributed by atoms with Gasteiger partial charge in [-0.05, 0) is 18.6 Å². The number of carbonyl (C=O) groups excluding carboxylic acids is 1. The van der Waals surface area contributed by atoms with E-state index in [0.29, 0.717) is 5.82 Å². The van der Waals surface area contributed by atoms with Gasteiger partial charge in [0.25, 0.3) is 0 Å². The second kappa shape index (κ2) is 3.14. The Morgan fingerprint density at radius 3 is 3.00 bits per heavy atom. The first-order chi connectivity index (χ1) is 6.72. The van der Waals surface area contributed by atoms with Gasteiger partial charge in [-0.1, -0.05) is 6.07 Å². The number of esters is 1. The van der Waals surface area contributed by atoms with Crippen LogP contribution in [0, 0.1) is 6.92 Å². The summed E-state index contributed by atoms with van der Waals surface area (Å²) in [4.78, 5) is 15.3. The molecule has 0 atom stereocenters. The summed E-state index contributed by atoms with van der Waals surface area (Å²) in [5, 5.41) is 0. The Balaban J connectivity index is 2.67. The molecule has 2 aromatic heterocycles. The highest BCUT2D eigenvalue weighted by atomic mass is 16.5. The second-order valence-corrected chi connectivity index (χ2v) is 3.07. The number of aromatic nitrogens is 2. The molecule has 0 radical (unpaired) electrons. The number of fused-ring (bicyclic) bond motifs is 1. The van der Waals surface area contributed by atoms with E-state index in [-0.39, 0.29) is 0 Å². The fourth-order valence-electron chi connectivity index (χ4n) is 1.34. The van der Waals surface area contributed by atoms with Crippen molar-refractivity contribution in [2.75, 3.05) is 7.11 Å². The Hall–Kier alpha value is -1.84. The number of nitrogens with zero attached hydrogens (tertiary/aromatic N) is 2. The molecule has 0 amide bonds. The molecular formula is C10H10N2O2. The highest BCUT2D eigenvalue weighted by Gasteiger charge is 2.12. The van der Waals surface area contributed by atoms with Gasteiger partial charge in [0.1, 0.15) is 0 Å². The van der Waals surface area contributed by atoms with Crippen LogP contribution in [0.25, 0.3) is 5.52 Å². The van der Waals surface area contributed by atoms with Crippen LogP contribution in [0.5, 0.6) is 0 Å². The molecule has 0 N–H and O–H groups in total. The number of carbonyl (C=O) groups is 1. The fraction of sp³-hybridized carbons (Fsp3) is 0.200. The molecule has 0 aliphatic heterocycles. The summed E-state index contributed by atoms with van der Waals surface area (Å²) in [6.45, 7) is 1.96. The quantitative estimate of drug-likeness (QED) is 0.639. The normalized spacial score (nSPS) is 10.4. The molecule has 0 unspecified atom stereocenters. The van der Waals surface area contributed by atoms with Gasteiger partial charge < -0.3 is 4.74 Å². The van der Waals surface area contributed by atoms with Crippen LogP contribution < -0.4 is 0 Å². The van der Waals surface area contributed by atoms with Crippen LogP contribution in [0.2, 0.25) is 0 Å². The summed E-state index contributed by atoms with van der Waals surface area (Å²) in [5.41, 5.74) is 1.96. The minimum atomic E-state index is -0.421. The summed E-state index contributed by atoms with van der Waals surface area (Å²) in [6, 6.07) is 3.88. The zero-order chi connectivity index (χ0) is 10.1. The Morgan fingerprint density at radius 1 is 1.50 bits per heavy atom. The molecule has 0 spiro atoms. The van der Waals surface area contributed by atoms with Crippen molar-refractivity contribution in [3.63, 3.8) is 0 Å². The van der Waals surface area contributed by atoms with Gasteiger partial charge in [0, 0.05) is 6.20 Å². The van der Waals surface area contributed by atoms with Gasteiger partial charge in [0.05, 0.1) is 18.8 Å². The van der Waals surface area contributed by atoms with Crippen molar-refractivity contribution in [1.29, 1.82) is 0 Å². The van der Waals surface area contributed by atoms with Gasteiger partial charge in [-0.3, -0.25) is 4.40 Å². The number of methoxy groups -OCH3 is 1. The topological polar surface area (TPSA) is 43.6 Å². The average molecular weight is 190 g/mol. The van der Waals surface area contributed by atoms with Crippen molar-refractivity contribution in [1.82, 2.24) is 9.38 Å². The van der Waals surface area contributed by atoms with Crippen molar-refractivity contribution in [3.05, 3.63) is 35.9 Å². The molecule has 2 heterocycles. The molecule has 0 saturated carbocycles. The predicted molar refractivity (Wildman–Crippen MR) is 51.3 cm³/mol. The van der Waals surface area contributed by atoms with Gasteiger partial charge in [0.2, 0.25) is 5.82 Å². The minimum absolute atomic E-state index is 0.311. The maximum absolute atomic E-state index is 11.3. The molecule has 14 heavy (non-hydrogen) atoms. The monoisotopic (exact) mass is 190 g/mol. The Morgan fingerprint density at radius 2 is 2.29 bits per heavy atom. The van der Waals surface area contributed by atoms with Crippen molar-refractivity contribution >= 4 is 11.5 Å². The van der Waals surface area contributed by atoms with E-state index >= 15 is 0 Å². The van der Waals surface area contributed by atoms with E-state index in [2.05, 4.69) is 9.72 Å². The standard InChI is InChI=1S/C10H10N2O2/c1-7-3-4-8-5-11-9(10(13)14-2)12(8)6-7/h3-6H,1-2H3. The third kappa shape index (κ3) is 1.25. The Labute approximate surface area is 81.1 Å². The first kappa shape index (κ1) is 8.74. The summed E-state index contributed by atoms with van der Waals surface area (Å²) < 4.78 is 6.34. The number of hydrogen-bond donors (Lipinski definition) is 0. The second-order valence-electron chi connectivity index (χ2n) is 3.07. The lowest BCUT2D eigenvalue weighted by Gasteiger charge is -1.99. The maximum Gasteiger partial charge on any atom is 0.374 e. The largest absolute Gasteiger partial charge is 0.463 e. The summed E-state index contributed by atoms with van der Waals surface area (Å²) >= 11 is 0. The van der Waals surface area contributed by atoms with E-state index in [1.54, 1.807) is 10.6 Å². The lowest BCUT2D eigenvalue weighted by Crippen LogP contribution is -2.06. The zero-order valence-corrected chi connectivity index (χ0v) is 8.02. The molecule has 0 saturated heterocycles. The number of pyridine rings is 1. The third-order valence-corrected chi connectivity index (χ3v) is 2.04. The number of hydrogen-bond acceptors (Lipinski definition) is 3. The van der Waals surface area contributed by atoms with Gasteiger partial charge in [-0.25, -0.2) is 9.78 Å². The molecule has 2 aromatic rings. The molecule has 4 heteroatoms. The van der Waals surface area contributed by atoms with E-state index in [9.17, 15) is 4.79 Å². The molecule has 0 aromatic carbocycles. The summed E-state index contributed by atoms with van der Waals surface area (Å²) in [5.74, 6) is -0.109. The van der Waals surface area contributed by atoms with Crippen LogP contribution in [0.15, 0.2) is 24.5 Å². The molecule has 0 aliphatic rings. The van der Waals surface area contributed by atoms with E-state index in [0.717, 1.165) is 11.1 Å². The van der Waals surface area contributed by atoms with E-state index in [1.807, 2.05) is 25.3 Å². The summed E-state index contributed by atoms with van der Waals surface area (Å²) in [6.07, 6.45) is 3.50. The van der Waals surface area contributed by atoms with Crippen molar-refractivity contribution in [2.45, 2.75) is 6.92 Å². The smallest absolute Gasteiger partial charge is 0.374 e. The molecule has 0 bridgehead atoms. The summed E-state index contributed by atoms with van der Waals surface area (Å²) in [7, 11) is 1.35. The van der Waals surface area contributed by atoms with Crippen LogP contribution in [0.4, 0.5) is 0 Å². The van der Waals surface area contributed by atoms with E-state index < -0.39 is 5.97 Å². The van der Waals surface area contributed by atoms with Crippen molar-refractivity contribution in [3.8, 4) is 0 Å². The third-order valence-electron chi connectivity index (χ3n) is 2.04. The SMILES string of the molecule is COC(=O)c1ncc2ccc(C)cn12. The Bertz CT molecular complexity index is 488. The molecule has 4 nitrogen and oxygen atoms in total. The molecule has 0 aliphatic carbocycles. The Kier molecular flexibility index (Phi) is 1.96. The lowest BCUT2D eigenvalue weighted by molar-refractivity contribution is 0.0586. The van der Waals surface area contributed by atoms with E-state index in [1.165, 1.54) is 7.11 Å². The van der Waals surface area contributed by atoms with Gasteiger partial charge in [-0.15, -0.1) is 0 Å². The van der Waals surface area contributed by atoms with Crippen LogP contribution in [-0.2, 0) is 4.74 Å². The zero-order valence-electron chi connectivity index (χ0n) is 8.02. The van der Waals surface area contributed by atoms with Gasteiger partial charge in [0.15, 0.2) is 0 Å². The van der Waals surface area contributed by atoms with Crippen molar-refractivity contribution in [2.24, 2.45) is 0 Å². The van der Waals surface area contributed by atoms with Crippen LogP contribution in [0.3, 0.4) is 0 Å². The molecular weight excluding hydrogens is 180 g/mol. The number of aryl methyl sites for hydroxylation is 1. The van der Waals surface area contributed by atoms with Crippen LogP contribution in [-0.4, -0.2) is 22.5 Å². The number of ether oxygens (including phenoxy) is 1. The molecule has 0 fully saturated rings. The molecule has 72 valence electrons. The highest BCUT2D eigenvalue weighted by Crippen LogP contribution is 2.09. The predicted octanol–water partition coefficient (Wildman–Crippen LogP) is 1.43. The lowest BCUT2D eigenvalue weighted by atomic mass is 10.3. The molecule has 2 rings (SSSR count). The number of rotatable bonds is 1. The maximum atomic E-state index is 11.3. The fourth-order valence-corrected chi connectivity index (χ4v) is 1.34. The van der Waals surface area contributed by atoms with Crippen LogP contribution in [0.1, 0.15) is 16.2 Å².